The van der Waals surface area contributed by atoms with E-state index in [0.29, 0.717) is 11.3 Å². The van der Waals surface area contributed by atoms with Gasteiger partial charge in [-0.05, 0) is 49.8 Å². The van der Waals surface area contributed by atoms with Gasteiger partial charge in [-0.3, -0.25) is 14.4 Å². The monoisotopic (exact) mass is 374 g/mol. The van der Waals surface area contributed by atoms with Gasteiger partial charge >= 0.3 is 5.97 Å². The molecule has 1 fully saturated rings. The Morgan fingerprint density at radius 1 is 1.15 bits per heavy atom. The van der Waals surface area contributed by atoms with Crippen molar-refractivity contribution in [1.29, 1.82) is 0 Å². The molecule has 1 aliphatic carbocycles. The number of ether oxygens (including phenoxy) is 1. The van der Waals surface area contributed by atoms with E-state index in [4.69, 9.17) is 0 Å². The van der Waals surface area contributed by atoms with Crippen LogP contribution in [0.2, 0.25) is 0 Å². The average Bonchev–Trinajstić information content (AvgIpc) is 2.70. The van der Waals surface area contributed by atoms with Crippen molar-refractivity contribution in [3.63, 3.8) is 0 Å². The van der Waals surface area contributed by atoms with Gasteiger partial charge in [0.05, 0.1) is 7.11 Å². The Labute approximate surface area is 161 Å². The largest absolute Gasteiger partial charge is 0.468 e. The van der Waals surface area contributed by atoms with Crippen LogP contribution >= 0.6 is 0 Å². The van der Waals surface area contributed by atoms with Crippen molar-refractivity contribution in [3.8, 4) is 0 Å². The maximum atomic E-state index is 12.6. The number of hydrogen-bond donors (Lipinski definition) is 2. The third kappa shape index (κ3) is 6.70. The molecule has 0 spiro atoms. The van der Waals surface area contributed by atoms with Crippen molar-refractivity contribution < 1.29 is 19.1 Å². The number of esters is 1. The van der Waals surface area contributed by atoms with Crippen molar-refractivity contribution in [2.75, 3.05) is 19.0 Å². The first-order valence-electron chi connectivity index (χ1n) is 9.79. The van der Waals surface area contributed by atoms with Gasteiger partial charge in [-0.25, -0.2) is 0 Å². The summed E-state index contributed by atoms with van der Waals surface area (Å²) in [6.07, 6.45) is 7.87. The first kappa shape index (κ1) is 20.9. The molecule has 1 aliphatic rings. The minimum atomic E-state index is -0.512. The van der Waals surface area contributed by atoms with E-state index >= 15 is 0 Å². The van der Waals surface area contributed by atoms with Crippen LogP contribution in [0.1, 0.15) is 62.2 Å². The van der Waals surface area contributed by atoms with E-state index in [1.807, 2.05) is 0 Å². The second kappa shape index (κ2) is 10.7. The summed E-state index contributed by atoms with van der Waals surface area (Å²) < 4.78 is 4.50. The van der Waals surface area contributed by atoms with Crippen LogP contribution in [0.5, 0.6) is 0 Å². The van der Waals surface area contributed by atoms with Crippen LogP contribution in [0.3, 0.4) is 0 Å². The Morgan fingerprint density at radius 2 is 1.89 bits per heavy atom. The second-order valence-electron chi connectivity index (χ2n) is 7.19. The van der Waals surface area contributed by atoms with E-state index < -0.39 is 5.97 Å². The van der Waals surface area contributed by atoms with Gasteiger partial charge in [0.1, 0.15) is 6.54 Å². The quantitative estimate of drug-likeness (QED) is 0.682. The number of rotatable bonds is 8. The molecule has 6 nitrogen and oxygen atoms in total. The molecular formula is C21H30N2O4. The Kier molecular flexibility index (Phi) is 8.30. The van der Waals surface area contributed by atoms with Crippen molar-refractivity contribution in [1.82, 2.24) is 5.32 Å². The number of anilines is 1. The Bertz CT molecular complexity index is 651. The van der Waals surface area contributed by atoms with Gasteiger partial charge < -0.3 is 15.4 Å². The molecule has 1 aromatic carbocycles. The van der Waals surface area contributed by atoms with Crippen LogP contribution in [0.25, 0.3) is 0 Å². The lowest BCUT2D eigenvalue weighted by Crippen LogP contribution is -2.30. The SMILES string of the molecule is CCCCC1CCC(C(=O)Nc2cccc(C(=O)NCC(=O)OC)c2)CC1. The molecule has 0 heterocycles. The average molecular weight is 374 g/mol. The minimum absolute atomic E-state index is 0.0241. The number of unbranched alkanes of at least 4 members (excludes halogenated alkanes) is 1. The molecule has 1 aromatic rings. The van der Waals surface area contributed by atoms with Crippen LogP contribution in [0.15, 0.2) is 24.3 Å². The van der Waals surface area contributed by atoms with Crippen molar-refractivity contribution in [2.45, 2.75) is 51.9 Å². The van der Waals surface area contributed by atoms with Gasteiger partial charge in [0.25, 0.3) is 5.91 Å². The summed E-state index contributed by atoms with van der Waals surface area (Å²) in [5.41, 5.74) is 0.985. The van der Waals surface area contributed by atoms with Crippen LogP contribution in [-0.4, -0.2) is 31.4 Å². The van der Waals surface area contributed by atoms with Gasteiger partial charge in [-0.15, -0.1) is 0 Å². The number of amides is 2. The summed E-state index contributed by atoms with van der Waals surface area (Å²) in [6.45, 7) is 2.02. The lowest BCUT2D eigenvalue weighted by Gasteiger charge is -2.27. The van der Waals surface area contributed by atoms with Gasteiger partial charge in [-0.2, -0.15) is 0 Å². The fourth-order valence-electron chi connectivity index (χ4n) is 3.52. The summed E-state index contributed by atoms with van der Waals surface area (Å²) >= 11 is 0. The van der Waals surface area contributed by atoms with Gasteiger partial charge in [0.15, 0.2) is 0 Å². The molecular weight excluding hydrogens is 344 g/mol. The fourth-order valence-corrected chi connectivity index (χ4v) is 3.52. The highest BCUT2D eigenvalue weighted by Crippen LogP contribution is 2.32. The third-order valence-electron chi connectivity index (χ3n) is 5.20. The normalized spacial score (nSPS) is 19.2. The number of hydrogen-bond acceptors (Lipinski definition) is 4. The molecule has 0 atom stereocenters. The van der Waals surface area contributed by atoms with Crippen molar-refractivity contribution in [3.05, 3.63) is 29.8 Å². The molecule has 2 amide bonds. The Hall–Kier alpha value is -2.37. The van der Waals surface area contributed by atoms with E-state index in [2.05, 4.69) is 22.3 Å². The van der Waals surface area contributed by atoms with Gasteiger partial charge in [0.2, 0.25) is 5.91 Å². The number of methoxy groups -OCH3 is 1. The molecule has 0 bridgehead atoms. The minimum Gasteiger partial charge on any atom is -0.468 e. The number of carbonyl (C=O) groups is 3. The molecule has 27 heavy (non-hydrogen) atoms. The standard InChI is InChI=1S/C21H30N2O4/c1-3-4-6-15-9-11-16(12-10-15)21(26)23-18-8-5-7-17(13-18)20(25)22-14-19(24)27-2/h5,7-8,13,15-16H,3-4,6,9-12,14H2,1-2H3,(H,22,25)(H,23,26). The molecule has 0 unspecified atom stereocenters. The first-order chi connectivity index (χ1) is 13.0. The van der Waals surface area contributed by atoms with Crippen LogP contribution in [0, 0.1) is 11.8 Å². The predicted molar refractivity (Wildman–Crippen MR) is 104 cm³/mol. The molecule has 0 saturated heterocycles. The van der Waals surface area contributed by atoms with Crippen molar-refractivity contribution in [2.24, 2.45) is 11.8 Å². The maximum Gasteiger partial charge on any atom is 0.325 e. The Balaban J connectivity index is 1.85. The van der Waals surface area contributed by atoms with E-state index in [-0.39, 0.29) is 24.3 Å². The highest BCUT2D eigenvalue weighted by molar-refractivity contribution is 5.98. The van der Waals surface area contributed by atoms with Crippen LogP contribution < -0.4 is 10.6 Å². The summed E-state index contributed by atoms with van der Waals surface area (Å²) in [5.74, 6) is -0.0677. The maximum absolute atomic E-state index is 12.6. The zero-order valence-corrected chi connectivity index (χ0v) is 16.3. The topological polar surface area (TPSA) is 84.5 Å². The predicted octanol–water partition coefficient (Wildman–Crippen LogP) is 3.52. The van der Waals surface area contributed by atoms with Crippen LogP contribution in [-0.2, 0) is 14.3 Å². The highest BCUT2D eigenvalue weighted by Gasteiger charge is 2.26. The van der Waals surface area contributed by atoms with Crippen molar-refractivity contribution >= 4 is 23.5 Å². The van der Waals surface area contributed by atoms with Gasteiger partial charge in [-0.1, -0.05) is 32.3 Å². The summed E-state index contributed by atoms with van der Waals surface area (Å²) in [6, 6.07) is 6.74. The number of benzene rings is 1. The first-order valence-corrected chi connectivity index (χ1v) is 9.79. The van der Waals surface area contributed by atoms with E-state index in [1.54, 1.807) is 24.3 Å². The highest BCUT2D eigenvalue weighted by atomic mass is 16.5. The number of carbonyl (C=O) groups excluding carboxylic acids is 3. The Morgan fingerprint density at radius 3 is 2.56 bits per heavy atom. The smallest absolute Gasteiger partial charge is 0.325 e. The zero-order valence-electron chi connectivity index (χ0n) is 16.3. The van der Waals surface area contributed by atoms with E-state index in [0.717, 1.165) is 31.6 Å². The summed E-state index contributed by atoms with van der Waals surface area (Å²) in [4.78, 5) is 35.8. The van der Waals surface area contributed by atoms with Crippen LogP contribution in [0.4, 0.5) is 5.69 Å². The van der Waals surface area contributed by atoms with Gasteiger partial charge in [0, 0.05) is 17.2 Å². The molecule has 0 radical (unpaired) electrons. The molecule has 6 heteroatoms. The molecule has 148 valence electrons. The molecule has 2 N–H and O–H groups in total. The van der Waals surface area contributed by atoms with E-state index in [9.17, 15) is 14.4 Å². The zero-order chi connectivity index (χ0) is 19.6. The lowest BCUT2D eigenvalue weighted by atomic mass is 9.79. The van der Waals surface area contributed by atoms with E-state index in [1.165, 1.54) is 26.4 Å². The number of nitrogens with one attached hydrogen (secondary N) is 2. The second-order valence-corrected chi connectivity index (χ2v) is 7.19. The lowest BCUT2D eigenvalue weighted by molar-refractivity contribution is -0.139. The third-order valence-corrected chi connectivity index (χ3v) is 5.20. The summed E-state index contributed by atoms with van der Waals surface area (Å²) in [7, 11) is 1.27. The molecule has 1 saturated carbocycles. The molecule has 2 rings (SSSR count). The molecule has 0 aliphatic heterocycles. The molecule has 0 aromatic heterocycles. The fraction of sp³-hybridized carbons (Fsp3) is 0.571. The summed E-state index contributed by atoms with van der Waals surface area (Å²) in [5, 5.41) is 5.42.